The Kier molecular flexibility index (Phi) is 11.2. The molecule has 0 saturated carbocycles. The standard InChI is InChI=1S/C20H28N4O2.HI/c1-3-5-12-22-19(25)17-10-8-16(9-11-17)14-23-20(21-4-2)24-15-18-7-6-13-26-18;/h6-11,13H,3-5,12,14-15H2,1-2H3,(H,22,25)(H2,21,23,24);1H. The summed E-state index contributed by atoms with van der Waals surface area (Å²) >= 11 is 0. The van der Waals surface area contributed by atoms with Crippen molar-refractivity contribution in [2.24, 2.45) is 4.99 Å². The first kappa shape index (κ1) is 23.0. The van der Waals surface area contributed by atoms with Crippen molar-refractivity contribution in [3.63, 3.8) is 0 Å². The fraction of sp³-hybridized carbons (Fsp3) is 0.400. The molecule has 27 heavy (non-hydrogen) atoms. The van der Waals surface area contributed by atoms with E-state index in [9.17, 15) is 4.79 Å². The number of halogens is 1. The summed E-state index contributed by atoms with van der Waals surface area (Å²) in [6.45, 7) is 6.74. The van der Waals surface area contributed by atoms with E-state index in [0.717, 1.165) is 43.2 Å². The highest BCUT2D eigenvalue weighted by molar-refractivity contribution is 14.0. The molecule has 1 aromatic heterocycles. The minimum atomic E-state index is -0.0260. The minimum absolute atomic E-state index is 0. The number of rotatable bonds is 9. The molecule has 3 N–H and O–H groups in total. The molecule has 0 bridgehead atoms. The van der Waals surface area contributed by atoms with Gasteiger partial charge in [-0.2, -0.15) is 0 Å². The fourth-order valence-corrected chi connectivity index (χ4v) is 2.34. The van der Waals surface area contributed by atoms with Gasteiger partial charge in [0, 0.05) is 18.7 Å². The van der Waals surface area contributed by atoms with E-state index in [1.54, 1.807) is 6.26 Å². The average molecular weight is 484 g/mol. The van der Waals surface area contributed by atoms with E-state index in [1.807, 2.05) is 43.3 Å². The lowest BCUT2D eigenvalue weighted by Gasteiger charge is -2.10. The number of aliphatic imine (C=N–C) groups is 1. The third-order valence-corrected chi connectivity index (χ3v) is 3.81. The number of furan rings is 1. The first-order valence-corrected chi connectivity index (χ1v) is 9.14. The van der Waals surface area contributed by atoms with Crippen LogP contribution in [0.15, 0.2) is 52.1 Å². The summed E-state index contributed by atoms with van der Waals surface area (Å²) in [6, 6.07) is 11.3. The van der Waals surface area contributed by atoms with Crippen LogP contribution in [0.5, 0.6) is 0 Å². The minimum Gasteiger partial charge on any atom is -0.467 e. The molecule has 7 heteroatoms. The topological polar surface area (TPSA) is 78.7 Å². The van der Waals surface area contributed by atoms with Crippen LogP contribution >= 0.6 is 24.0 Å². The predicted octanol–water partition coefficient (Wildman–Crippen LogP) is 3.68. The molecule has 1 heterocycles. The van der Waals surface area contributed by atoms with Crippen molar-refractivity contribution in [1.29, 1.82) is 0 Å². The number of hydrogen-bond acceptors (Lipinski definition) is 3. The molecule has 1 amide bonds. The Morgan fingerprint density at radius 3 is 2.48 bits per heavy atom. The molecule has 0 radical (unpaired) electrons. The zero-order valence-corrected chi connectivity index (χ0v) is 18.3. The molecule has 0 unspecified atom stereocenters. The van der Waals surface area contributed by atoms with E-state index in [-0.39, 0.29) is 29.9 Å². The Morgan fingerprint density at radius 2 is 1.85 bits per heavy atom. The predicted molar refractivity (Wildman–Crippen MR) is 119 cm³/mol. The van der Waals surface area contributed by atoms with Crippen molar-refractivity contribution >= 4 is 35.8 Å². The molecule has 0 spiro atoms. The highest BCUT2D eigenvalue weighted by Gasteiger charge is 2.05. The lowest BCUT2D eigenvalue weighted by Crippen LogP contribution is -2.36. The van der Waals surface area contributed by atoms with Gasteiger partial charge in [0.1, 0.15) is 5.76 Å². The van der Waals surface area contributed by atoms with Crippen LogP contribution in [0.2, 0.25) is 0 Å². The van der Waals surface area contributed by atoms with Crippen LogP contribution in [-0.2, 0) is 13.1 Å². The third-order valence-electron chi connectivity index (χ3n) is 3.81. The number of benzene rings is 1. The first-order valence-electron chi connectivity index (χ1n) is 9.14. The normalized spacial score (nSPS) is 10.8. The van der Waals surface area contributed by atoms with E-state index in [4.69, 9.17) is 4.42 Å². The van der Waals surface area contributed by atoms with Gasteiger partial charge >= 0.3 is 0 Å². The van der Waals surface area contributed by atoms with E-state index in [1.165, 1.54) is 0 Å². The number of amides is 1. The molecular formula is C20H29IN4O2. The summed E-state index contributed by atoms with van der Waals surface area (Å²) in [6.07, 6.45) is 3.72. The van der Waals surface area contributed by atoms with Crippen molar-refractivity contribution in [2.45, 2.75) is 39.8 Å². The molecule has 0 aliphatic heterocycles. The number of unbranched alkanes of at least 4 members (excludes halogenated alkanes) is 1. The monoisotopic (exact) mass is 484 g/mol. The fourth-order valence-electron chi connectivity index (χ4n) is 2.34. The summed E-state index contributed by atoms with van der Waals surface area (Å²) in [5.74, 6) is 1.56. The Bertz CT molecular complexity index is 685. The molecule has 1 aromatic carbocycles. The van der Waals surface area contributed by atoms with Gasteiger partial charge in [-0.25, -0.2) is 4.99 Å². The van der Waals surface area contributed by atoms with E-state index >= 15 is 0 Å². The van der Waals surface area contributed by atoms with Gasteiger partial charge in [-0.15, -0.1) is 24.0 Å². The molecule has 0 aliphatic carbocycles. The van der Waals surface area contributed by atoms with Crippen LogP contribution in [0.1, 0.15) is 48.4 Å². The average Bonchev–Trinajstić information content (AvgIpc) is 3.18. The summed E-state index contributed by atoms with van der Waals surface area (Å²) in [5, 5.41) is 9.36. The number of hydrogen-bond donors (Lipinski definition) is 3. The summed E-state index contributed by atoms with van der Waals surface area (Å²) in [4.78, 5) is 16.6. The second-order valence-corrected chi connectivity index (χ2v) is 5.93. The largest absolute Gasteiger partial charge is 0.467 e. The van der Waals surface area contributed by atoms with Gasteiger partial charge in [-0.05, 0) is 43.2 Å². The number of carbonyl (C=O) groups is 1. The molecular weight excluding hydrogens is 455 g/mol. The zero-order chi connectivity index (χ0) is 18.6. The maximum atomic E-state index is 12.0. The second-order valence-electron chi connectivity index (χ2n) is 5.93. The van der Waals surface area contributed by atoms with E-state index < -0.39 is 0 Å². The van der Waals surface area contributed by atoms with Crippen LogP contribution in [0, 0.1) is 0 Å². The van der Waals surface area contributed by atoms with Crippen molar-refractivity contribution in [1.82, 2.24) is 16.0 Å². The highest BCUT2D eigenvalue weighted by Crippen LogP contribution is 2.06. The van der Waals surface area contributed by atoms with Gasteiger partial charge in [0.15, 0.2) is 5.96 Å². The molecule has 2 aromatic rings. The molecule has 0 aliphatic rings. The van der Waals surface area contributed by atoms with Crippen LogP contribution in [0.3, 0.4) is 0 Å². The number of guanidine groups is 1. The summed E-state index contributed by atoms with van der Waals surface area (Å²) in [7, 11) is 0. The summed E-state index contributed by atoms with van der Waals surface area (Å²) < 4.78 is 5.31. The number of nitrogens with zero attached hydrogens (tertiary/aromatic N) is 1. The van der Waals surface area contributed by atoms with Gasteiger partial charge in [-0.3, -0.25) is 4.79 Å². The molecule has 0 atom stereocenters. The second kappa shape index (κ2) is 13.2. The van der Waals surface area contributed by atoms with Crippen molar-refractivity contribution in [3.8, 4) is 0 Å². The maximum absolute atomic E-state index is 12.0. The lowest BCUT2D eigenvalue weighted by molar-refractivity contribution is 0.0953. The molecule has 0 saturated heterocycles. The van der Waals surface area contributed by atoms with Gasteiger partial charge in [-0.1, -0.05) is 25.5 Å². The Morgan fingerprint density at radius 1 is 1.07 bits per heavy atom. The molecule has 6 nitrogen and oxygen atoms in total. The molecule has 0 fully saturated rings. The van der Waals surface area contributed by atoms with E-state index in [2.05, 4.69) is 27.9 Å². The van der Waals surface area contributed by atoms with Gasteiger partial charge in [0.2, 0.25) is 0 Å². The Hall–Kier alpha value is -2.03. The van der Waals surface area contributed by atoms with Crippen LogP contribution in [0.25, 0.3) is 0 Å². The SMILES string of the molecule is CCCCNC(=O)c1ccc(CN=C(NCC)NCc2ccco2)cc1.I. The zero-order valence-electron chi connectivity index (χ0n) is 16.0. The van der Waals surface area contributed by atoms with Crippen LogP contribution < -0.4 is 16.0 Å². The smallest absolute Gasteiger partial charge is 0.251 e. The third kappa shape index (κ3) is 8.47. The van der Waals surface area contributed by atoms with Crippen molar-refractivity contribution in [3.05, 3.63) is 59.5 Å². The maximum Gasteiger partial charge on any atom is 0.251 e. The highest BCUT2D eigenvalue weighted by atomic mass is 127. The van der Waals surface area contributed by atoms with Gasteiger partial charge < -0.3 is 20.4 Å². The van der Waals surface area contributed by atoms with E-state index in [0.29, 0.717) is 18.7 Å². The van der Waals surface area contributed by atoms with Crippen molar-refractivity contribution < 1.29 is 9.21 Å². The molecule has 148 valence electrons. The van der Waals surface area contributed by atoms with Gasteiger partial charge in [0.25, 0.3) is 5.91 Å². The van der Waals surface area contributed by atoms with Crippen molar-refractivity contribution in [2.75, 3.05) is 13.1 Å². The number of carbonyl (C=O) groups excluding carboxylic acids is 1. The van der Waals surface area contributed by atoms with Crippen LogP contribution in [0.4, 0.5) is 0 Å². The molecule has 2 rings (SSSR count). The lowest BCUT2D eigenvalue weighted by atomic mass is 10.1. The quantitative estimate of drug-likeness (QED) is 0.220. The van der Waals surface area contributed by atoms with Crippen LogP contribution in [-0.4, -0.2) is 25.0 Å². The first-order chi connectivity index (χ1) is 12.7. The van der Waals surface area contributed by atoms with Gasteiger partial charge in [0.05, 0.1) is 19.4 Å². The Balaban J connectivity index is 0.00000364. The number of nitrogens with one attached hydrogen (secondary N) is 3. The summed E-state index contributed by atoms with van der Waals surface area (Å²) in [5.41, 5.74) is 1.72. The Labute approximate surface area is 178 Å².